The molecule has 0 bridgehead atoms. The van der Waals surface area contributed by atoms with E-state index in [4.69, 9.17) is 24.5 Å². The van der Waals surface area contributed by atoms with Crippen molar-refractivity contribution >= 4 is 26.4 Å². The highest BCUT2D eigenvalue weighted by molar-refractivity contribution is 8.00. The molecule has 116 valence electrons. The molecule has 0 unspecified atom stereocenters. The molecule has 0 aliphatic carbocycles. The molecule has 22 heavy (non-hydrogen) atoms. The normalized spacial score (nSPS) is 13.2. The van der Waals surface area contributed by atoms with Gasteiger partial charge < -0.3 is 9.79 Å². The van der Waals surface area contributed by atoms with Crippen molar-refractivity contribution in [3.05, 3.63) is 54.6 Å². The molecule has 0 fully saturated rings. The zero-order valence-electron chi connectivity index (χ0n) is 11.2. The Balaban J connectivity index is 2.49. The molecule has 2 aromatic carbocycles. The molecule has 0 saturated heterocycles. The van der Waals surface area contributed by atoms with Crippen LogP contribution in [0.1, 0.15) is 0 Å². The van der Waals surface area contributed by atoms with Crippen molar-refractivity contribution in [3.63, 3.8) is 0 Å². The predicted molar refractivity (Wildman–Crippen MR) is 84.6 cm³/mol. The Labute approximate surface area is 127 Å². The van der Waals surface area contributed by atoms with E-state index in [0.717, 1.165) is 11.1 Å². The van der Waals surface area contributed by atoms with Crippen molar-refractivity contribution in [1.82, 2.24) is 0 Å². The lowest BCUT2D eigenvalue weighted by Gasteiger charge is -2.08. The lowest BCUT2D eigenvalue weighted by atomic mass is 10.1. The van der Waals surface area contributed by atoms with E-state index in [1.165, 1.54) is 12.1 Å². The average Bonchev–Trinajstić information content (AvgIpc) is 2.44. The van der Waals surface area contributed by atoms with E-state index in [0.29, 0.717) is 0 Å². The number of aliphatic imine (C=N–C) groups is 1. The van der Waals surface area contributed by atoms with Crippen LogP contribution in [0.4, 0.5) is 5.69 Å². The van der Waals surface area contributed by atoms with Gasteiger partial charge in [-0.25, -0.2) is 4.57 Å². The Morgan fingerprint density at radius 1 is 0.909 bits per heavy atom. The minimum atomic E-state index is -5.10. The van der Waals surface area contributed by atoms with Gasteiger partial charge in [-0.3, -0.25) is 0 Å². The summed E-state index contributed by atoms with van der Waals surface area (Å²) in [5, 5.41) is -1.33. The van der Waals surface area contributed by atoms with Crippen LogP contribution >= 0.6 is 15.5 Å². The van der Waals surface area contributed by atoms with E-state index in [-0.39, 0.29) is 5.69 Å². The van der Waals surface area contributed by atoms with Crippen molar-refractivity contribution in [1.29, 1.82) is 0 Å². The van der Waals surface area contributed by atoms with Gasteiger partial charge in [0, 0.05) is 0 Å². The van der Waals surface area contributed by atoms with Gasteiger partial charge in [-0.2, -0.15) is 19.7 Å². The van der Waals surface area contributed by atoms with Crippen LogP contribution in [0.3, 0.4) is 0 Å². The molecule has 0 aromatic heterocycles. The van der Waals surface area contributed by atoms with Crippen LogP contribution in [0.25, 0.3) is 11.1 Å². The Hall–Kier alpha value is -1.43. The summed E-state index contributed by atoms with van der Waals surface area (Å²) in [6.07, 6.45) is 0. The Morgan fingerprint density at radius 2 is 1.50 bits per heavy atom. The summed E-state index contributed by atoms with van der Waals surface area (Å²) >= 11 is 0. The summed E-state index contributed by atoms with van der Waals surface area (Å²) in [4.78, 5) is 49.2. The maximum atomic E-state index is 11.2. The van der Waals surface area contributed by atoms with Gasteiger partial charge in [0.1, 0.15) is 0 Å². The fraction of sp³-hybridized carbons (Fsp3) is 0. The maximum Gasteiger partial charge on any atom is 0.469 e. The molecule has 0 atom stereocenters. The minimum Gasteiger partial charge on any atom is -0.317 e. The molecule has 0 aliphatic heterocycles. The Bertz CT molecular complexity index is 736. The van der Waals surface area contributed by atoms with E-state index < -0.39 is 20.7 Å². The summed E-state index contributed by atoms with van der Waals surface area (Å²) in [6, 6.07) is 15.5. The SMILES string of the molecule is O=P(O)(O)C(=Nc1cccc(-c2ccccc2)c1)[P+](O)(O)O. The van der Waals surface area contributed by atoms with Gasteiger partial charge in [-0.1, -0.05) is 42.5 Å². The van der Waals surface area contributed by atoms with Crippen LogP contribution in [0.5, 0.6) is 0 Å². The Kier molecular flexibility index (Phi) is 4.90. The second kappa shape index (κ2) is 6.36. The Morgan fingerprint density at radius 3 is 2.05 bits per heavy atom. The first kappa shape index (κ1) is 16.9. The third-order valence-corrected chi connectivity index (χ3v) is 5.56. The quantitative estimate of drug-likeness (QED) is 0.428. The molecule has 0 heterocycles. The zero-order chi connectivity index (χ0) is 16.4. The molecule has 9 heteroatoms. The average molecular weight is 342 g/mol. The van der Waals surface area contributed by atoms with E-state index in [9.17, 15) is 4.57 Å². The standard InChI is InChI=1S/C13H13NO6P2/c15-21(16,17)13(22(18,19)20)14-12-8-4-7-11(9-12)10-5-2-1-3-6-10/h1-9,15-17H,(H-,18,19,20)/p+1. The molecule has 5 N–H and O–H groups in total. The van der Waals surface area contributed by atoms with E-state index in [1.54, 1.807) is 12.1 Å². The van der Waals surface area contributed by atoms with Crippen molar-refractivity contribution in [2.45, 2.75) is 0 Å². The molecule has 0 spiro atoms. The summed E-state index contributed by atoms with van der Waals surface area (Å²) in [5.74, 6) is 0. The van der Waals surface area contributed by atoms with Crippen molar-refractivity contribution in [3.8, 4) is 11.1 Å². The summed E-state index contributed by atoms with van der Waals surface area (Å²) < 4.78 is 11.2. The van der Waals surface area contributed by atoms with Crippen LogP contribution in [-0.4, -0.2) is 29.7 Å². The zero-order valence-corrected chi connectivity index (χ0v) is 13.0. The van der Waals surface area contributed by atoms with Gasteiger partial charge >= 0.3 is 20.7 Å². The molecule has 0 aliphatic rings. The highest BCUT2D eigenvalue weighted by Gasteiger charge is 2.51. The van der Waals surface area contributed by atoms with Crippen LogP contribution in [0.2, 0.25) is 0 Å². The van der Waals surface area contributed by atoms with Crippen LogP contribution in [0, 0.1) is 0 Å². The van der Waals surface area contributed by atoms with E-state index >= 15 is 0 Å². The molecule has 7 nitrogen and oxygen atoms in total. The van der Waals surface area contributed by atoms with Crippen molar-refractivity contribution < 1.29 is 29.0 Å². The van der Waals surface area contributed by atoms with Gasteiger partial charge in [-0.05, 0) is 23.3 Å². The van der Waals surface area contributed by atoms with Crippen LogP contribution < -0.4 is 0 Å². The highest BCUT2D eigenvalue weighted by Crippen LogP contribution is 2.61. The lowest BCUT2D eigenvalue weighted by Crippen LogP contribution is -2.05. The first-order chi connectivity index (χ1) is 10.2. The number of nitrogens with zero attached hydrogens (tertiary/aromatic N) is 1. The molecule has 2 rings (SSSR count). The van der Waals surface area contributed by atoms with E-state index in [1.807, 2.05) is 30.3 Å². The minimum absolute atomic E-state index is 0.0844. The van der Waals surface area contributed by atoms with Crippen molar-refractivity contribution in [2.75, 3.05) is 0 Å². The fourth-order valence-electron chi connectivity index (χ4n) is 1.81. The molecule has 2 aromatic rings. The topological polar surface area (TPSA) is 131 Å². The van der Waals surface area contributed by atoms with Crippen LogP contribution in [-0.2, 0) is 4.57 Å². The number of rotatable bonds is 4. The molecular formula is C13H14NO6P2+. The van der Waals surface area contributed by atoms with Crippen LogP contribution in [0.15, 0.2) is 59.6 Å². The number of hydrogen-bond acceptors (Lipinski definition) is 5. The summed E-state index contributed by atoms with van der Waals surface area (Å²) in [5.41, 5.74) is 1.67. The van der Waals surface area contributed by atoms with Gasteiger partial charge in [0.15, 0.2) is 0 Å². The smallest absolute Gasteiger partial charge is 0.317 e. The van der Waals surface area contributed by atoms with E-state index in [2.05, 4.69) is 4.99 Å². The summed E-state index contributed by atoms with van der Waals surface area (Å²) in [7, 11) is -10.0. The third kappa shape index (κ3) is 4.29. The highest BCUT2D eigenvalue weighted by atomic mass is 31.3. The monoisotopic (exact) mass is 342 g/mol. The van der Waals surface area contributed by atoms with Gasteiger partial charge in [-0.15, -0.1) is 0 Å². The first-order valence-corrected chi connectivity index (χ1v) is 9.32. The first-order valence-electron chi connectivity index (χ1n) is 6.06. The second-order valence-corrected chi connectivity index (χ2v) is 7.87. The summed E-state index contributed by atoms with van der Waals surface area (Å²) in [6.45, 7) is 0. The van der Waals surface area contributed by atoms with Gasteiger partial charge in [0.25, 0.3) is 0 Å². The number of benzene rings is 2. The molecule has 0 amide bonds. The maximum absolute atomic E-state index is 11.2. The lowest BCUT2D eigenvalue weighted by molar-refractivity contribution is 0.349. The molecule has 0 radical (unpaired) electrons. The van der Waals surface area contributed by atoms with Gasteiger partial charge in [0.2, 0.25) is 0 Å². The number of hydrogen-bond donors (Lipinski definition) is 5. The largest absolute Gasteiger partial charge is 0.469 e. The van der Waals surface area contributed by atoms with Crippen molar-refractivity contribution in [2.24, 2.45) is 4.99 Å². The second-order valence-electron chi connectivity index (χ2n) is 4.44. The van der Waals surface area contributed by atoms with Gasteiger partial charge in [0.05, 0.1) is 5.69 Å². The fourth-order valence-corrected chi connectivity index (χ4v) is 3.70. The third-order valence-electron chi connectivity index (χ3n) is 2.71. The predicted octanol–water partition coefficient (Wildman–Crippen LogP) is 2.26. The molecule has 0 saturated carbocycles. The molecular weight excluding hydrogens is 328 g/mol.